The van der Waals surface area contributed by atoms with Crippen LogP contribution in [-0.4, -0.2) is 39.5 Å². The highest BCUT2D eigenvalue weighted by atomic mass is 16.6. The Morgan fingerprint density at radius 3 is 1.55 bits per heavy atom. The Bertz CT molecular complexity index is 366. The van der Waals surface area contributed by atoms with Crippen LogP contribution in [0.1, 0.15) is 142 Å². The summed E-state index contributed by atoms with van der Waals surface area (Å²) in [6.45, 7) is 6.36. The largest absolute Gasteiger partial charge is 0.464 e. The van der Waals surface area contributed by atoms with Crippen molar-refractivity contribution in [2.75, 3.05) is 33.5 Å². The van der Waals surface area contributed by atoms with Crippen molar-refractivity contribution in [1.29, 1.82) is 0 Å². The van der Waals surface area contributed by atoms with E-state index in [0.717, 1.165) is 12.8 Å². The number of hydrogen-bond donors (Lipinski definition) is 0. The van der Waals surface area contributed by atoms with Crippen LogP contribution < -0.4 is 0 Å². The van der Waals surface area contributed by atoms with E-state index in [4.69, 9.17) is 14.2 Å². The molecule has 0 rings (SSSR count). The number of methoxy groups -OCH3 is 1. The predicted octanol–water partition coefficient (Wildman–Crippen LogP) is 8.65. The summed E-state index contributed by atoms with van der Waals surface area (Å²) in [4.78, 5) is 11.9. The molecule has 0 aromatic carbocycles. The van der Waals surface area contributed by atoms with Crippen molar-refractivity contribution in [2.45, 2.75) is 142 Å². The molecule has 0 aliphatic carbocycles. The second kappa shape index (κ2) is 27.6. The summed E-state index contributed by atoms with van der Waals surface area (Å²) in [5.74, 6) is 0.464. The molecule has 0 aliphatic rings. The van der Waals surface area contributed by atoms with Crippen LogP contribution >= 0.6 is 0 Å². The summed E-state index contributed by atoms with van der Waals surface area (Å²) >= 11 is 0. The van der Waals surface area contributed by atoms with Gasteiger partial charge < -0.3 is 14.2 Å². The molecule has 33 heavy (non-hydrogen) atoms. The Labute approximate surface area is 206 Å². The third-order valence-electron chi connectivity index (χ3n) is 6.58. The lowest BCUT2D eigenvalue weighted by molar-refractivity contribution is -0.149. The van der Waals surface area contributed by atoms with Gasteiger partial charge in [0.15, 0.2) is 0 Å². The van der Waals surface area contributed by atoms with E-state index in [2.05, 4.69) is 13.8 Å². The van der Waals surface area contributed by atoms with E-state index in [1.54, 1.807) is 7.11 Å². The minimum atomic E-state index is -0.231. The van der Waals surface area contributed by atoms with E-state index < -0.39 is 0 Å². The molecule has 0 amide bonds. The number of unbranched alkanes of at least 4 members (excludes halogenated alkanes) is 14. The molecule has 4 nitrogen and oxygen atoms in total. The van der Waals surface area contributed by atoms with Crippen molar-refractivity contribution in [2.24, 2.45) is 5.92 Å². The van der Waals surface area contributed by atoms with E-state index in [0.29, 0.717) is 25.7 Å². The Kier molecular flexibility index (Phi) is 27.1. The number of carbonyl (C=O) groups excluding carboxylic acids is 1. The van der Waals surface area contributed by atoms with Gasteiger partial charge in [-0.2, -0.15) is 0 Å². The molecule has 0 fully saturated rings. The molecule has 0 aromatic heterocycles. The van der Waals surface area contributed by atoms with Gasteiger partial charge >= 0.3 is 5.97 Å². The lowest BCUT2D eigenvalue weighted by Crippen LogP contribution is -2.16. The summed E-state index contributed by atoms with van der Waals surface area (Å²) in [7, 11) is 1.67. The molecule has 4 heteroatoms. The first-order chi connectivity index (χ1) is 16.2. The molecule has 0 spiro atoms. The second-order valence-corrected chi connectivity index (χ2v) is 9.80. The Balaban J connectivity index is 3.99. The van der Waals surface area contributed by atoms with Crippen LogP contribution in [-0.2, 0) is 19.0 Å². The highest BCUT2D eigenvalue weighted by molar-refractivity contribution is 5.70. The van der Waals surface area contributed by atoms with Crippen molar-refractivity contribution in [1.82, 2.24) is 0 Å². The van der Waals surface area contributed by atoms with Gasteiger partial charge in [0.25, 0.3) is 0 Å². The summed E-state index contributed by atoms with van der Waals surface area (Å²) in [6, 6.07) is 0. The maximum atomic E-state index is 11.9. The SMILES string of the molecule is CCCCCCCCCCC(CCCCCCCCCC)CCOC(=O)COCCCOC. The fourth-order valence-electron chi connectivity index (χ4n) is 4.41. The molecule has 0 saturated heterocycles. The van der Waals surface area contributed by atoms with E-state index >= 15 is 0 Å². The molecule has 0 aliphatic heterocycles. The maximum absolute atomic E-state index is 11.9. The molecule has 0 radical (unpaired) electrons. The average molecular weight is 471 g/mol. The van der Waals surface area contributed by atoms with Crippen LogP contribution in [0.2, 0.25) is 0 Å². The van der Waals surface area contributed by atoms with Crippen LogP contribution in [0.4, 0.5) is 0 Å². The molecule has 0 atom stereocenters. The van der Waals surface area contributed by atoms with Gasteiger partial charge in [0.2, 0.25) is 0 Å². The zero-order chi connectivity index (χ0) is 24.2. The van der Waals surface area contributed by atoms with E-state index in [-0.39, 0.29) is 12.6 Å². The van der Waals surface area contributed by atoms with Gasteiger partial charge in [-0.05, 0) is 18.8 Å². The van der Waals surface area contributed by atoms with Gasteiger partial charge in [0, 0.05) is 20.3 Å². The highest BCUT2D eigenvalue weighted by Gasteiger charge is 2.11. The van der Waals surface area contributed by atoms with E-state index in [1.165, 1.54) is 116 Å². The Hall–Kier alpha value is -0.610. The zero-order valence-electron chi connectivity index (χ0n) is 22.7. The Morgan fingerprint density at radius 1 is 0.576 bits per heavy atom. The molecular weight excluding hydrogens is 412 g/mol. The lowest BCUT2D eigenvalue weighted by atomic mass is 9.91. The number of carbonyl (C=O) groups is 1. The Morgan fingerprint density at radius 2 is 1.06 bits per heavy atom. The summed E-state index contributed by atoms with van der Waals surface area (Å²) in [6.07, 6.45) is 26.3. The third-order valence-corrected chi connectivity index (χ3v) is 6.58. The molecule has 0 saturated carbocycles. The van der Waals surface area contributed by atoms with Gasteiger partial charge in [0.05, 0.1) is 6.61 Å². The predicted molar refractivity (Wildman–Crippen MR) is 141 cm³/mol. The van der Waals surface area contributed by atoms with Crippen LogP contribution in [0.5, 0.6) is 0 Å². The fraction of sp³-hybridized carbons (Fsp3) is 0.966. The number of ether oxygens (including phenoxy) is 3. The average Bonchev–Trinajstić information content (AvgIpc) is 2.81. The van der Waals surface area contributed by atoms with Crippen LogP contribution in [0.15, 0.2) is 0 Å². The molecule has 0 heterocycles. The molecule has 0 unspecified atom stereocenters. The van der Waals surface area contributed by atoms with Crippen molar-refractivity contribution in [3.63, 3.8) is 0 Å². The molecular formula is C29H58O4. The molecule has 0 N–H and O–H groups in total. The van der Waals surface area contributed by atoms with Crippen molar-refractivity contribution in [3.8, 4) is 0 Å². The fourth-order valence-corrected chi connectivity index (χ4v) is 4.41. The topological polar surface area (TPSA) is 44.8 Å². The minimum Gasteiger partial charge on any atom is -0.464 e. The summed E-state index contributed by atoms with van der Waals surface area (Å²) in [5.41, 5.74) is 0. The quantitative estimate of drug-likeness (QED) is 0.0890. The molecule has 0 bridgehead atoms. The monoisotopic (exact) mass is 470 g/mol. The van der Waals surface area contributed by atoms with Gasteiger partial charge in [-0.1, -0.05) is 129 Å². The van der Waals surface area contributed by atoms with Gasteiger partial charge in [0.1, 0.15) is 6.61 Å². The van der Waals surface area contributed by atoms with Crippen molar-refractivity contribution in [3.05, 3.63) is 0 Å². The molecule has 0 aromatic rings. The number of rotatable bonds is 27. The minimum absolute atomic E-state index is 0.0600. The van der Waals surface area contributed by atoms with Crippen molar-refractivity contribution >= 4 is 5.97 Å². The van der Waals surface area contributed by atoms with Crippen LogP contribution in [0, 0.1) is 5.92 Å². The van der Waals surface area contributed by atoms with Crippen LogP contribution in [0.3, 0.4) is 0 Å². The van der Waals surface area contributed by atoms with Crippen molar-refractivity contribution < 1.29 is 19.0 Å². The number of esters is 1. The second-order valence-electron chi connectivity index (χ2n) is 9.80. The summed E-state index contributed by atoms with van der Waals surface area (Å²) < 4.78 is 15.8. The first-order valence-electron chi connectivity index (χ1n) is 14.5. The van der Waals surface area contributed by atoms with Crippen LogP contribution in [0.25, 0.3) is 0 Å². The highest BCUT2D eigenvalue weighted by Crippen LogP contribution is 2.22. The normalized spacial score (nSPS) is 11.4. The maximum Gasteiger partial charge on any atom is 0.332 e. The zero-order valence-corrected chi connectivity index (χ0v) is 22.7. The van der Waals surface area contributed by atoms with E-state index in [1.807, 2.05) is 0 Å². The lowest BCUT2D eigenvalue weighted by Gasteiger charge is -2.17. The summed E-state index contributed by atoms with van der Waals surface area (Å²) in [5, 5.41) is 0. The van der Waals surface area contributed by atoms with Gasteiger partial charge in [-0.3, -0.25) is 0 Å². The number of hydrogen-bond acceptors (Lipinski definition) is 4. The van der Waals surface area contributed by atoms with Gasteiger partial charge in [-0.15, -0.1) is 0 Å². The van der Waals surface area contributed by atoms with Gasteiger partial charge in [-0.25, -0.2) is 4.79 Å². The first-order valence-corrected chi connectivity index (χ1v) is 14.5. The first kappa shape index (κ1) is 32.4. The standard InChI is InChI=1S/C29H58O4/c1-4-6-8-10-12-14-16-18-21-28(22-19-17-15-13-11-9-7-5-2)23-26-33-29(30)27-32-25-20-24-31-3/h28H,4-27H2,1-3H3. The van der Waals surface area contributed by atoms with E-state index in [9.17, 15) is 4.79 Å². The molecule has 198 valence electrons. The smallest absolute Gasteiger partial charge is 0.332 e. The third kappa shape index (κ3) is 25.8.